The molecule has 13 heteroatoms. The normalized spacial score (nSPS) is 20.7. The van der Waals surface area contributed by atoms with Crippen LogP contribution >= 0.6 is 0 Å². The molecule has 0 spiro atoms. The minimum Gasteiger partial charge on any atom is -0.432 e. The third kappa shape index (κ3) is 5.82. The van der Waals surface area contributed by atoms with E-state index in [1.807, 2.05) is 6.92 Å². The Morgan fingerprint density at radius 3 is 1.92 bits per heavy atom. The summed E-state index contributed by atoms with van der Waals surface area (Å²) in [4.78, 5) is 0. The molecule has 0 radical (unpaired) electrons. The molecule has 0 heterocycles. The number of hydrogen-bond acceptors (Lipinski definition) is 2. The fraction of sp³-hybridized carbons (Fsp3) is 0.360. The van der Waals surface area contributed by atoms with Gasteiger partial charge in [0, 0.05) is 12.1 Å². The molecule has 0 saturated heterocycles. The fourth-order valence-corrected chi connectivity index (χ4v) is 3.76. The molecule has 2 atom stereocenters. The van der Waals surface area contributed by atoms with Crippen molar-refractivity contribution in [3.63, 3.8) is 0 Å². The molecule has 0 amide bonds. The molecule has 0 aliphatic heterocycles. The van der Waals surface area contributed by atoms with E-state index in [0.717, 1.165) is 18.4 Å². The van der Waals surface area contributed by atoms with E-state index in [1.165, 1.54) is 12.1 Å². The van der Waals surface area contributed by atoms with Crippen LogP contribution in [0.3, 0.4) is 0 Å². The van der Waals surface area contributed by atoms with Crippen molar-refractivity contribution in [2.75, 3.05) is 0 Å². The molecule has 1 aliphatic rings. The molecule has 0 fully saturated rings. The topological polar surface area (TPSA) is 18.5 Å². The van der Waals surface area contributed by atoms with Crippen LogP contribution in [0.5, 0.6) is 5.75 Å². The Morgan fingerprint density at radius 2 is 1.45 bits per heavy atom. The summed E-state index contributed by atoms with van der Waals surface area (Å²) in [5, 5.41) is 0. The van der Waals surface area contributed by atoms with Crippen molar-refractivity contribution < 1.29 is 57.8 Å². The lowest BCUT2D eigenvalue weighted by Gasteiger charge is -2.38. The number of allylic oxidation sites excluding steroid dienone is 3. The summed E-state index contributed by atoms with van der Waals surface area (Å²) < 4.78 is 159. The summed E-state index contributed by atoms with van der Waals surface area (Å²) in [6, 6.07) is 5.88. The van der Waals surface area contributed by atoms with Gasteiger partial charge in [0.1, 0.15) is 34.9 Å². The summed E-state index contributed by atoms with van der Waals surface area (Å²) in [6.45, 7) is 2.37. The maximum Gasteiger partial charge on any atom is 0.527 e. The van der Waals surface area contributed by atoms with Crippen molar-refractivity contribution in [3.8, 4) is 5.75 Å². The average Bonchev–Trinajstić information content (AvgIpc) is 2.75. The predicted molar refractivity (Wildman–Crippen MR) is 114 cm³/mol. The Hall–Kier alpha value is -3.09. The molecule has 1 aliphatic carbocycles. The molecule has 3 rings (SSSR count). The molecule has 38 heavy (non-hydrogen) atoms. The van der Waals surface area contributed by atoms with Gasteiger partial charge in [-0.25, -0.2) is 22.3 Å². The zero-order valence-corrected chi connectivity index (χ0v) is 19.6. The molecule has 0 aromatic heterocycles. The molecule has 0 saturated carbocycles. The van der Waals surface area contributed by atoms with E-state index in [9.17, 15) is 30.7 Å². The molecular weight excluding hydrogens is 541 g/mol. The van der Waals surface area contributed by atoms with Gasteiger partial charge < -0.3 is 4.74 Å². The maximum atomic E-state index is 15.1. The van der Waals surface area contributed by atoms with E-state index in [2.05, 4.69) is 9.47 Å². The number of rotatable bonds is 8. The first-order valence-electron chi connectivity index (χ1n) is 10.9. The fourth-order valence-electron chi connectivity index (χ4n) is 3.76. The smallest absolute Gasteiger partial charge is 0.432 e. The van der Waals surface area contributed by atoms with E-state index >= 15 is 17.6 Å². The minimum absolute atomic E-state index is 0.0698. The van der Waals surface area contributed by atoms with E-state index in [-0.39, 0.29) is 17.7 Å². The number of aryl methyl sites for hydroxylation is 1. The van der Waals surface area contributed by atoms with Gasteiger partial charge in [0.2, 0.25) is 0 Å². The van der Waals surface area contributed by atoms with Crippen molar-refractivity contribution in [1.82, 2.24) is 0 Å². The van der Waals surface area contributed by atoms with E-state index in [1.54, 1.807) is 12.1 Å². The second-order valence-corrected chi connectivity index (χ2v) is 8.61. The maximum absolute atomic E-state index is 15.1. The molecule has 0 bridgehead atoms. The second kappa shape index (κ2) is 10.2. The molecular formula is C25H19F11O2. The van der Waals surface area contributed by atoms with Crippen molar-refractivity contribution in [3.05, 3.63) is 82.7 Å². The Morgan fingerprint density at radius 1 is 0.895 bits per heavy atom. The molecule has 2 unspecified atom stereocenters. The van der Waals surface area contributed by atoms with Crippen molar-refractivity contribution in [2.45, 2.75) is 51.4 Å². The summed E-state index contributed by atoms with van der Waals surface area (Å²) in [5.41, 5.74) is -4.73. The van der Waals surface area contributed by atoms with Gasteiger partial charge in [-0.15, -0.1) is 13.2 Å². The monoisotopic (exact) mass is 560 g/mol. The lowest BCUT2D eigenvalue weighted by Crippen LogP contribution is -2.51. The van der Waals surface area contributed by atoms with Crippen LogP contribution in [-0.2, 0) is 17.3 Å². The summed E-state index contributed by atoms with van der Waals surface area (Å²) in [6.07, 6.45) is -16.3. The van der Waals surface area contributed by atoms with Crippen LogP contribution in [0.1, 0.15) is 37.0 Å². The summed E-state index contributed by atoms with van der Waals surface area (Å²) in [7, 11) is 0. The third-order valence-electron chi connectivity index (χ3n) is 5.88. The first kappa shape index (κ1) is 29.5. The van der Waals surface area contributed by atoms with Crippen molar-refractivity contribution >= 4 is 5.57 Å². The Balaban J connectivity index is 1.90. The molecule has 208 valence electrons. The van der Waals surface area contributed by atoms with Crippen LogP contribution in [0.2, 0.25) is 0 Å². The van der Waals surface area contributed by atoms with E-state index < -0.39 is 58.9 Å². The van der Waals surface area contributed by atoms with Gasteiger partial charge in [-0.05, 0) is 42.2 Å². The first-order valence-corrected chi connectivity index (χ1v) is 10.9. The average molecular weight is 560 g/mol. The number of ether oxygens (including phenoxy) is 2. The number of benzene rings is 2. The van der Waals surface area contributed by atoms with Gasteiger partial charge in [-0.3, -0.25) is 0 Å². The highest BCUT2D eigenvalue weighted by Gasteiger charge is 2.62. The van der Waals surface area contributed by atoms with Crippen LogP contribution in [0, 0.1) is 17.0 Å². The highest BCUT2D eigenvalue weighted by molar-refractivity contribution is 5.76. The van der Waals surface area contributed by atoms with Crippen LogP contribution in [0.25, 0.3) is 5.57 Å². The highest BCUT2D eigenvalue weighted by Crippen LogP contribution is 2.52. The lowest BCUT2D eigenvalue weighted by molar-refractivity contribution is -0.432. The minimum atomic E-state index is -6.01. The predicted octanol–water partition coefficient (Wildman–Crippen LogP) is 8.77. The van der Waals surface area contributed by atoms with Crippen LogP contribution in [0.15, 0.2) is 54.4 Å². The zero-order valence-electron chi connectivity index (χ0n) is 19.6. The lowest BCUT2D eigenvalue weighted by atomic mass is 9.76. The standard InChI is InChI=1S/C25H19F11O2/c1-3-4-13-5-7-14(8-6-13)15-9-19(28)22(2,20(29)10-15)24(32,33)37-16-11-17(26)21(18(27)12-16)23(30,31)38-25(34,35)36/h5-12,19H,3-4H2,1-2H3. The van der Waals surface area contributed by atoms with E-state index in [0.29, 0.717) is 24.6 Å². The highest BCUT2D eigenvalue weighted by atomic mass is 19.4. The largest absolute Gasteiger partial charge is 0.527 e. The van der Waals surface area contributed by atoms with Gasteiger partial charge in [0.25, 0.3) is 0 Å². The van der Waals surface area contributed by atoms with Crippen LogP contribution in [0.4, 0.5) is 48.3 Å². The molecule has 2 nitrogen and oxygen atoms in total. The van der Waals surface area contributed by atoms with Gasteiger partial charge in [-0.1, -0.05) is 37.6 Å². The molecule has 2 aromatic carbocycles. The van der Waals surface area contributed by atoms with Crippen LogP contribution in [-0.4, -0.2) is 18.6 Å². The van der Waals surface area contributed by atoms with Gasteiger partial charge in [0.15, 0.2) is 5.41 Å². The molecule has 0 N–H and O–H groups in total. The SMILES string of the molecule is CCCc1ccc(C2=CC(F)C(C)(C(F)(F)Oc3cc(F)c(C(F)(F)OC(F)(F)F)c(F)c3)C(F)=C2)cc1. The van der Waals surface area contributed by atoms with Crippen LogP contribution < -0.4 is 4.74 Å². The Labute approximate surface area is 209 Å². The van der Waals surface area contributed by atoms with E-state index in [4.69, 9.17) is 0 Å². The quantitative estimate of drug-likeness (QED) is 0.301. The van der Waals surface area contributed by atoms with Gasteiger partial charge in [0.05, 0.1) is 0 Å². The number of alkyl halides is 8. The Kier molecular flexibility index (Phi) is 7.93. The van der Waals surface area contributed by atoms with Gasteiger partial charge >= 0.3 is 18.6 Å². The van der Waals surface area contributed by atoms with Crippen molar-refractivity contribution in [1.29, 1.82) is 0 Å². The summed E-state index contributed by atoms with van der Waals surface area (Å²) in [5.74, 6) is -8.12. The third-order valence-corrected chi connectivity index (χ3v) is 5.88. The first-order chi connectivity index (χ1) is 17.4. The molecule has 2 aromatic rings. The Bertz CT molecular complexity index is 1210. The van der Waals surface area contributed by atoms with Gasteiger partial charge in [-0.2, -0.15) is 17.6 Å². The number of hydrogen-bond donors (Lipinski definition) is 0. The number of halogens is 11. The summed E-state index contributed by atoms with van der Waals surface area (Å²) >= 11 is 0. The second-order valence-electron chi connectivity index (χ2n) is 8.61. The van der Waals surface area contributed by atoms with Crippen molar-refractivity contribution in [2.24, 2.45) is 5.41 Å². The zero-order chi connectivity index (χ0) is 28.7.